The van der Waals surface area contributed by atoms with Gasteiger partial charge in [0.1, 0.15) is 5.76 Å². The van der Waals surface area contributed by atoms with Crippen LogP contribution in [-0.4, -0.2) is 11.9 Å². The lowest BCUT2D eigenvalue weighted by Gasteiger charge is -2.18. The molecule has 122 valence electrons. The minimum atomic E-state index is -0.450. The third-order valence-corrected chi connectivity index (χ3v) is 3.68. The predicted octanol–water partition coefficient (Wildman–Crippen LogP) is 4.48. The van der Waals surface area contributed by atoms with Gasteiger partial charge < -0.3 is 9.15 Å². The lowest BCUT2D eigenvalue weighted by molar-refractivity contribution is -0.130. The second-order valence-electron chi connectivity index (χ2n) is 6.56. The van der Waals surface area contributed by atoms with Gasteiger partial charge in [-0.2, -0.15) is 0 Å². The third-order valence-electron chi connectivity index (χ3n) is 3.68. The molecule has 3 rings (SSSR count). The van der Waals surface area contributed by atoms with Crippen molar-refractivity contribution in [2.24, 2.45) is 4.99 Å². The lowest BCUT2D eigenvalue weighted by atomic mass is 9.87. The number of benzene rings is 1. The van der Waals surface area contributed by atoms with Crippen LogP contribution in [0.25, 0.3) is 6.08 Å². The van der Waals surface area contributed by atoms with Crippen LogP contribution in [0.1, 0.15) is 37.7 Å². The molecule has 4 heteroatoms. The summed E-state index contributed by atoms with van der Waals surface area (Å²) in [6, 6.07) is 11.5. The van der Waals surface area contributed by atoms with Crippen LogP contribution in [0.2, 0.25) is 0 Å². The van der Waals surface area contributed by atoms with E-state index in [9.17, 15) is 4.79 Å². The first-order chi connectivity index (χ1) is 11.4. The number of furan rings is 1. The number of cyclic esters (lactones) is 1. The van der Waals surface area contributed by atoms with Crippen LogP contribution in [0.4, 0.5) is 0 Å². The molecule has 0 fully saturated rings. The Hall–Kier alpha value is -2.88. The number of hydrogen-bond acceptors (Lipinski definition) is 4. The molecule has 0 spiro atoms. The van der Waals surface area contributed by atoms with E-state index in [1.807, 2.05) is 30.3 Å². The summed E-state index contributed by atoms with van der Waals surface area (Å²) in [5.74, 6) is 0.590. The molecule has 0 atom stereocenters. The summed E-state index contributed by atoms with van der Waals surface area (Å²) in [4.78, 5) is 16.2. The van der Waals surface area contributed by atoms with Crippen molar-refractivity contribution in [2.75, 3.05) is 0 Å². The minimum absolute atomic E-state index is 0.0778. The maximum atomic E-state index is 11.9. The van der Waals surface area contributed by atoms with Gasteiger partial charge in [-0.1, -0.05) is 39.0 Å². The largest absolute Gasteiger partial charge is 0.465 e. The van der Waals surface area contributed by atoms with Crippen molar-refractivity contribution < 1.29 is 13.9 Å². The van der Waals surface area contributed by atoms with Crippen LogP contribution >= 0.6 is 0 Å². The third kappa shape index (κ3) is 3.54. The van der Waals surface area contributed by atoms with Gasteiger partial charge in [0.25, 0.3) is 0 Å². The summed E-state index contributed by atoms with van der Waals surface area (Å²) in [6.45, 7) is 6.46. The van der Waals surface area contributed by atoms with E-state index in [2.05, 4.69) is 25.8 Å². The molecule has 0 aliphatic carbocycles. The zero-order valence-electron chi connectivity index (χ0n) is 13.9. The van der Waals surface area contributed by atoms with Gasteiger partial charge >= 0.3 is 5.97 Å². The summed E-state index contributed by atoms with van der Waals surface area (Å²) < 4.78 is 10.4. The van der Waals surface area contributed by atoms with E-state index in [-0.39, 0.29) is 11.1 Å². The molecule has 2 heterocycles. The van der Waals surface area contributed by atoms with Gasteiger partial charge in [-0.25, -0.2) is 9.79 Å². The summed E-state index contributed by atoms with van der Waals surface area (Å²) in [7, 11) is 0. The number of rotatable bonds is 3. The van der Waals surface area contributed by atoms with Crippen LogP contribution in [0.3, 0.4) is 0 Å². The van der Waals surface area contributed by atoms with E-state index in [0.717, 1.165) is 5.56 Å². The van der Waals surface area contributed by atoms with Crippen molar-refractivity contribution in [3.8, 4) is 0 Å². The maximum Gasteiger partial charge on any atom is 0.363 e. The second-order valence-corrected chi connectivity index (χ2v) is 6.56. The highest BCUT2D eigenvalue weighted by Crippen LogP contribution is 2.24. The highest BCUT2D eigenvalue weighted by atomic mass is 16.6. The Morgan fingerprint density at radius 3 is 2.46 bits per heavy atom. The summed E-state index contributed by atoms with van der Waals surface area (Å²) in [5, 5.41) is 0. The van der Waals surface area contributed by atoms with Gasteiger partial charge in [-0.15, -0.1) is 0 Å². The molecule has 0 bridgehead atoms. The smallest absolute Gasteiger partial charge is 0.363 e. The highest BCUT2D eigenvalue weighted by Gasteiger charge is 2.24. The summed E-state index contributed by atoms with van der Waals surface area (Å²) in [6.07, 6.45) is 6.67. The van der Waals surface area contributed by atoms with Gasteiger partial charge in [0.2, 0.25) is 5.90 Å². The Balaban J connectivity index is 1.79. The van der Waals surface area contributed by atoms with Gasteiger partial charge in [0.05, 0.1) is 6.26 Å². The molecule has 0 amide bonds. The molecule has 1 aliphatic heterocycles. The quantitative estimate of drug-likeness (QED) is 0.619. The number of hydrogen-bond donors (Lipinski definition) is 0. The Bertz CT molecular complexity index is 817. The summed E-state index contributed by atoms with van der Waals surface area (Å²) in [5.41, 5.74) is 2.35. The second kappa shape index (κ2) is 6.32. The Morgan fingerprint density at radius 2 is 1.83 bits per heavy atom. The van der Waals surface area contributed by atoms with E-state index in [0.29, 0.717) is 11.7 Å². The van der Waals surface area contributed by atoms with Crippen molar-refractivity contribution in [3.63, 3.8) is 0 Å². The number of carbonyl (C=O) groups excluding carboxylic acids is 1. The number of esters is 1. The Labute approximate surface area is 141 Å². The molecule has 0 saturated carbocycles. The first kappa shape index (κ1) is 16.0. The van der Waals surface area contributed by atoms with E-state index in [1.54, 1.807) is 30.6 Å². The fourth-order valence-corrected chi connectivity index (χ4v) is 2.28. The zero-order valence-corrected chi connectivity index (χ0v) is 13.9. The fraction of sp³-hybridized carbons (Fsp3) is 0.200. The number of aliphatic imine (C=N–C) groups is 1. The first-order valence-corrected chi connectivity index (χ1v) is 7.77. The van der Waals surface area contributed by atoms with E-state index < -0.39 is 5.97 Å². The van der Waals surface area contributed by atoms with Gasteiger partial charge in [-0.3, -0.25) is 0 Å². The van der Waals surface area contributed by atoms with Crippen LogP contribution in [0, 0.1) is 0 Å². The van der Waals surface area contributed by atoms with Gasteiger partial charge in [0, 0.05) is 5.56 Å². The summed E-state index contributed by atoms with van der Waals surface area (Å²) >= 11 is 0. The molecule has 4 nitrogen and oxygen atoms in total. The van der Waals surface area contributed by atoms with Crippen molar-refractivity contribution >= 4 is 17.9 Å². The topological polar surface area (TPSA) is 51.8 Å². The van der Waals surface area contributed by atoms with Crippen molar-refractivity contribution in [1.82, 2.24) is 0 Å². The average molecular weight is 321 g/mol. The number of ether oxygens (including phenoxy) is 1. The Kier molecular flexibility index (Phi) is 4.21. The number of allylic oxidation sites excluding steroid dienone is 2. The van der Waals surface area contributed by atoms with E-state index in [4.69, 9.17) is 9.15 Å². The zero-order chi connectivity index (χ0) is 17.2. The molecule has 2 aromatic rings. The number of carbonyl (C=O) groups is 1. The van der Waals surface area contributed by atoms with Crippen LogP contribution in [0.15, 0.2) is 69.9 Å². The molecular weight excluding hydrogens is 302 g/mol. The fourth-order valence-electron chi connectivity index (χ4n) is 2.28. The molecular formula is C20H19NO3. The molecule has 0 N–H and O–H groups in total. The normalized spacial score (nSPS) is 16.7. The van der Waals surface area contributed by atoms with Crippen LogP contribution < -0.4 is 0 Å². The van der Waals surface area contributed by atoms with E-state index in [1.165, 1.54) is 5.56 Å². The molecule has 0 radical (unpaired) electrons. The molecule has 1 aromatic heterocycles. The van der Waals surface area contributed by atoms with Crippen molar-refractivity contribution in [2.45, 2.75) is 26.2 Å². The SMILES string of the molecule is CC(C)(C)c1ccc(C2=N/C(=C\C=C\c3ccco3)C(=O)O2)cc1. The molecule has 0 saturated heterocycles. The monoisotopic (exact) mass is 321 g/mol. The molecule has 0 unspecified atom stereocenters. The minimum Gasteiger partial charge on any atom is -0.465 e. The van der Waals surface area contributed by atoms with E-state index >= 15 is 0 Å². The van der Waals surface area contributed by atoms with Crippen molar-refractivity contribution in [1.29, 1.82) is 0 Å². The van der Waals surface area contributed by atoms with Crippen molar-refractivity contribution in [3.05, 3.63) is 77.4 Å². The maximum absolute atomic E-state index is 11.9. The number of nitrogens with zero attached hydrogens (tertiary/aromatic N) is 1. The average Bonchev–Trinajstić information content (AvgIpc) is 3.17. The molecule has 1 aromatic carbocycles. The Morgan fingerprint density at radius 1 is 1.08 bits per heavy atom. The van der Waals surface area contributed by atoms with Gasteiger partial charge in [-0.05, 0) is 47.4 Å². The van der Waals surface area contributed by atoms with Crippen LogP contribution in [0.5, 0.6) is 0 Å². The first-order valence-electron chi connectivity index (χ1n) is 7.77. The lowest BCUT2D eigenvalue weighted by Crippen LogP contribution is -2.11. The molecule has 24 heavy (non-hydrogen) atoms. The van der Waals surface area contributed by atoms with Gasteiger partial charge in [0.15, 0.2) is 5.70 Å². The predicted molar refractivity (Wildman–Crippen MR) is 93.6 cm³/mol. The highest BCUT2D eigenvalue weighted by molar-refractivity contribution is 6.11. The standard InChI is InChI=1S/C20H19NO3/c1-20(2,3)15-11-9-14(10-12-15)18-21-17(19(22)24-18)8-4-6-16-7-5-13-23-16/h4-13H,1-3H3/b6-4+,17-8-. The van der Waals surface area contributed by atoms with Crippen LogP contribution in [-0.2, 0) is 14.9 Å². The molecule has 1 aliphatic rings.